The Morgan fingerprint density at radius 3 is 2.79 bits per heavy atom. The molecule has 1 aromatic heterocycles. The predicted octanol–water partition coefficient (Wildman–Crippen LogP) is 3.72. The second-order valence-corrected chi connectivity index (χ2v) is 8.97. The lowest BCUT2D eigenvalue weighted by Gasteiger charge is -2.28. The first kappa shape index (κ1) is 23.5. The number of nitrogens with one attached hydrogen (secondary N) is 1. The molecular weight excluding hydrogens is 421 g/mol. The summed E-state index contributed by atoms with van der Waals surface area (Å²) in [6.45, 7) is 5.73. The van der Waals surface area contributed by atoms with Gasteiger partial charge in [0.1, 0.15) is 5.83 Å². The number of ether oxygens (including phenoxy) is 1. The molecule has 0 spiro atoms. The molecule has 6 nitrogen and oxygen atoms in total. The van der Waals surface area contributed by atoms with Crippen molar-refractivity contribution in [1.82, 2.24) is 15.2 Å². The summed E-state index contributed by atoms with van der Waals surface area (Å²) in [5.74, 6) is -0.639. The molecule has 2 N–H and O–H groups in total. The molecule has 1 saturated heterocycles. The van der Waals surface area contributed by atoms with E-state index in [0.717, 1.165) is 43.5 Å². The maximum Gasteiger partial charge on any atom is 0.251 e. The Balaban J connectivity index is 1.48. The molecule has 2 fully saturated rings. The SMILES string of the molecule is Cc1ccc(C(=O)N[C@H]2CCCC[C@@H]2O)cc1/C=C(\F)c1cncc(CN2CCOCC2)c1. The van der Waals surface area contributed by atoms with Crippen molar-refractivity contribution in [2.45, 2.75) is 51.3 Å². The van der Waals surface area contributed by atoms with Crippen LogP contribution >= 0.6 is 0 Å². The van der Waals surface area contributed by atoms with Gasteiger partial charge >= 0.3 is 0 Å². The topological polar surface area (TPSA) is 74.7 Å². The van der Waals surface area contributed by atoms with Gasteiger partial charge in [-0.25, -0.2) is 4.39 Å². The number of carbonyl (C=O) groups is 1. The number of benzene rings is 1. The number of hydrogen-bond donors (Lipinski definition) is 2. The van der Waals surface area contributed by atoms with Crippen LogP contribution in [0, 0.1) is 6.92 Å². The third-order valence-electron chi connectivity index (χ3n) is 6.45. The van der Waals surface area contributed by atoms with E-state index in [4.69, 9.17) is 4.74 Å². The van der Waals surface area contributed by atoms with Gasteiger partial charge in [0.15, 0.2) is 0 Å². The number of hydrogen-bond acceptors (Lipinski definition) is 5. The second kappa shape index (κ2) is 11.0. The van der Waals surface area contributed by atoms with Crippen LogP contribution in [0.5, 0.6) is 0 Å². The molecule has 1 amide bonds. The summed E-state index contributed by atoms with van der Waals surface area (Å²) in [5.41, 5.74) is 3.34. The first-order valence-electron chi connectivity index (χ1n) is 11.7. The van der Waals surface area contributed by atoms with E-state index < -0.39 is 11.9 Å². The van der Waals surface area contributed by atoms with Crippen LogP contribution in [0.15, 0.2) is 36.7 Å². The number of nitrogens with zero attached hydrogens (tertiary/aromatic N) is 2. The molecule has 2 aliphatic rings. The van der Waals surface area contributed by atoms with Crippen molar-refractivity contribution >= 4 is 17.8 Å². The quantitative estimate of drug-likeness (QED) is 0.697. The van der Waals surface area contributed by atoms with Crippen molar-refractivity contribution in [3.05, 3.63) is 64.5 Å². The van der Waals surface area contributed by atoms with E-state index >= 15 is 4.39 Å². The van der Waals surface area contributed by atoms with Crippen molar-refractivity contribution in [3.63, 3.8) is 0 Å². The van der Waals surface area contributed by atoms with Gasteiger partial charge in [-0.3, -0.25) is 14.7 Å². The van der Waals surface area contributed by atoms with Gasteiger partial charge < -0.3 is 15.2 Å². The average Bonchev–Trinajstić information content (AvgIpc) is 2.82. The van der Waals surface area contributed by atoms with Gasteiger partial charge in [-0.05, 0) is 60.7 Å². The van der Waals surface area contributed by atoms with Crippen LogP contribution < -0.4 is 5.32 Å². The average molecular weight is 454 g/mol. The third kappa shape index (κ3) is 6.25. The molecule has 1 aliphatic heterocycles. The number of aromatic nitrogens is 1. The van der Waals surface area contributed by atoms with Crippen LogP contribution in [-0.4, -0.2) is 59.3 Å². The summed E-state index contributed by atoms with van der Waals surface area (Å²) in [6.07, 6.45) is 7.68. The highest BCUT2D eigenvalue weighted by molar-refractivity contribution is 5.95. The fourth-order valence-corrected chi connectivity index (χ4v) is 4.41. The Morgan fingerprint density at radius 2 is 2.00 bits per heavy atom. The molecule has 33 heavy (non-hydrogen) atoms. The minimum atomic E-state index is -0.512. The van der Waals surface area contributed by atoms with Crippen LogP contribution in [0.3, 0.4) is 0 Å². The van der Waals surface area contributed by atoms with Gasteiger partial charge in [-0.1, -0.05) is 18.9 Å². The lowest BCUT2D eigenvalue weighted by molar-refractivity contribution is 0.0341. The van der Waals surface area contributed by atoms with Gasteiger partial charge in [0.2, 0.25) is 0 Å². The Hall–Kier alpha value is -2.61. The lowest BCUT2D eigenvalue weighted by atomic mass is 9.92. The van der Waals surface area contributed by atoms with Gasteiger partial charge in [0.25, 0.3) is 5.91 Å². The molecule has 1 aliphatic carbocycles. The maximum atomic E-state index is 15.2. The zero-order valence-corrected chi connectivity index (χ0v) is 19.1. The van der Waals surface area contributed by atoms with Crippen LogP contribution in [0.2, 0.25) is 0 Å². The zero-order chi connectivity index (χ0) is 23.2. The number of morpholine rings is 1. The number of amides is 1. The van der Waals surface area contributed by atoms with Gasteiger partial charge in [-0.2, -0.15) is 0 Å². The highest BCUT2D eigenvalue weighted by Gasteiger charge is 2.25. The van der Waals surface area contributed by atoms with E-state index in [1.165, 1.54) is 12.3 Å². The zero-order valence-electron chi connectivity index (χ0n) is 19.1. The van der Waals surface area contributed by atoms with E-state index in [0.29, 0.717) is 42.9 Å². The number of aliphatic hydroxyl groups excluding tert-OH is 1. The fraction of sp³-hybridized carbons (Fsp3) is 0.462. The van der Waals surface area contributed by atoms with Crippen molar-refractivity contribution in [3.8, 4) is 0 Å². The summed E-state index contributed by atoms with van der Waals surface area (Å²) in [4.78, 5) is 19.2. The Labute approximate surface area is 194 Å². The van der Waals surface area contributed by atoms with E-state index in [9.17, 15) is 9.90 Å². The molecule has 2 aromatic rings. The first-order chi connectivity index (χ1) is 16.0. The molecular formula is C26H32FN3O3. The van der Waals surface area contributed by atoms with Crippen molar-refractivity contribution in [1.29, 1.82) is 0 Å². The van der Waals surface area contributed by atoms with Gasteiger partial charge in [-0.15, -0.1) is 0 Å². The molecule has 1 aromatic carbocycles. The van der Waals surface area contributed by atoms with E-state index in [1.54, 1.807) is 18.3 Å². The van der Waals surface area contributed by atoms with Crippen LogP contribution in [0.25, 0.3) is 11.9 Å². The summed E-state index contributed by atoms with van der Waals surface area (Å²) >= 11 is 0. The van der Waals surface area contributed by atoms with E-state index in [-0.39, 0.29) is 11.9 Å². The number of aliphatic hydroxyl groups is 1. The molecule has 7 heteroatoms. The number of aryl methyl sites for hydroxylation is 1. The van der Waals surface area contributed by atoms with Crippen LogP contribution in [0.1, 0.15) is 58.3 Å². The Bertz CT molecular complexity index is 1000. The second-order valence-electron chi connectivity index (χ2n) is 8.97. The summed E-state index contributed by atoms with van der Waals surface area (Å²) in [7, 11) is 0. The minimum absolute atomic E-state index is 0.233. The number of pyridine rings is 1. The molecule has 2 heterocycles. The highest BCUT2D eigenvalue weighted by Crippen LogP contribution is 2.24. The molecule has 2 atom stereocenters. The summed E-state index contributed by atoms with van der Waals surface area (Å²) in [5, 5.41) is 13.1. The maximum absolute atomic E-state index is 15.2. The summed E-state index contributed by atoms with van der Waals surface area (Å²) < 4.78 is 20.6. The third-order valence-corrected chi connectivity index (χ3v) is 6.45. The van der Waals surface area contributed by atoms with Gasteiger partial charge in [0.05, 0.1) is 25.4 Å². The minimum Gasteiger partial charge on any atom is -0.391 e. The molecule has 4 rings (SSSR count). The monoisotopic (exact) mass is 453 g/mol. The predicted molar refractivity (Wildman–Crippen MR) is 126 cm³/mol. The number of carbonyl (C=O) groups excluding carboxylic acids is 1. The number of halogens is 1. The standard InChI is InChI=1S/C26H32FN3O3/c1-18-6-7-20(26(32)29-24-4-2-3-5-25(24)31)13-21(18)14-23(27)22-12-19(15-28-16-22)17-30-8-10-33-11-9-30/h6-7,12-16,24-25,31H,2-5,8-11,17H2,1H3,(H,29,32)/b23-14-/t24-,25-/m0/s1. The molecule has 0 unspecified atom stereocenters. The Morgan fingerprint density at radius 1 is 1.21 bits per heavy atom. The Kier molecular flexibility index (Phi) is 7.85. The smallest absolute Gasteiger partial charge is 0.251 e. The lowest BCUT2D eigenvalue weighted by Crippen LogP contribution is -2.45. The fourth-order valence-electron chi connectivity index (χ4n) is 4.41. The highest BCUT2D eigenvalue weighted by atomic mass is 19.1. The van der Waals surface area contributed by atoms with E-state index in [2.05, 4.69) is 15.2 Å². The molecule has 0 bridgehead atoms. The van der Waals surface area contributed by atoms with Crippen molar-refractivity contribution < 1.29 is 19.0 Å². The van der Waals surface area contributed by atoms with Crippen molar-refractivity contribution in [2.75, 3.05) is 26.3 Å². The summed E-state index contributed by atoms with van der Waals surface area (Å²) in [6, 6.07) is 6.84. The first-order valence-corrected chi connectivity index (χ1v) is 11.7. The van der Waals surface area contributed by atoms with E-state index in [1.807, 2.05) is 19.1 Å². The molecule has 0 radical (unpaired) electrons. The number of rotatable bonds is 6. The van der Waals surface area contributed by atoms with Gasteiger partial charge in [0, 0.05) is 43.2 Å². The molecule has 1 saturated carbocycles. The normalized spacial score (nSPS) is 22.2. The van der Waals surface area contributed by atoms with Crippen molar-refractivity contribution in [2.24, 2.45) is 0 Å². The van der Waals surface area contributed by atoms with Crippen LogP contribution in [0.4, 0.5) is 4.39 Å². The largest absolute Gasteiger partial charge is 0.391 e. The molecule has 176 valence electrons. The van der Waals surface area contributed by atoms with Crippen LogP contribution in [-0.2, 0) is 11.3 Å².